The van der Waals surface area contributed by atoms with Crippen molar-refractivity contribution in [3.63, 3.8) is 0 Å². The van der Waals surface area contributed by atoms with Crippen molar-refractivity contribution in [1.82, 2.24) is 15.2 Å². The lowest BCUT2D eigenvalue weighted by Gasteiger charge is -2.44. The zero-order chi connectivity index (χ0) is 23.7. The van der Waals surface area contributed by atoms with Crippen molar-refractivity contribution in [2.45, 2.75) is 43.9 Å². The minimum Gasteiger partial charge on any atom is -0.440 e. The van der Waals surface area contributed by atoms with Crippen LogP contribution >= 0.6 is 23.1 Å². The number of nitrogens with zero attached hydrogens (tertiary/aromatic N) is 2. The first kappa shape index (κ1) is 23.6. The Bertz CT molecular complexity index is 1140. The predicted molar refractivity (Wildman–Crippen MR) is 137 cm³/mol. The summed E-state index contributed by atoms with van der Waals surface area (Å²) in [6, 6.07) is 12.5. The number of hydrogen-bond acceptors (Lipinski definition) is 7. The summed E-state index contributed by atoms with van der Waals surface area (Å²) in [6.07, 6.45) is 3.84. The van der Waals surface area contributed by atoms with Crippen LogP contribution < -0.4 is 5.32 Å². The van der Waals surface area contributed by atoms with Gasteiger partial charge in [0.25, 0.3) is 0 Å². The van der Waals surface area contributed by atoms with E-state index in [9.17, 15) is 4.79 Å². The molecule has 0 bridgehead atoms. The summed E-state index contributed by atoms with van der Waals surface area (Å²) in [5, 5.41) is 5.31. The zero-order valence-corrected chi connectivity index (χ0v) is 21.5. The Morgan fingerprint density at radius 3 is 2.79 bits per heavy atom. The number of carbonyl (C=O) groups is 1. The fraction of sp³-hybridized carbons (Fsp3) is 0.462. The number of hydrogen-bond donors (Lipinski definition) is 1. The van der Waals surface area contributed by atoms with Crippen molar-refractivity contribution in [3.05, 3.63) is 64.4 Å². The smallest absolute Gasteiger partial charge is 0.236 e. The number of benzene rings is 1. The minimum absolute atomic E-state index is 0.0619. The number of likely N-dealkylation sites (tertiary alicyclic amines) is 1. The second-order valence-corrected chi connectivity index (χ2v) is 11.0. The third-order valence-corrected chi connectivity index (χ3v) is 8.68. The van der Waals surface area contributed by atoms with E-state index >= 15 is 0 Å². The molecule has 2 aliphatic rings. The van der Waals surface area contributed by atoms with E-state index < -0.39 is 0 Å². The standard InChI is InChI=1S/C26H31N3O3S2/c1-17-20(27-25(32-17)21-9-6-14-34-21)15-29-12-10-26(11-13-29)19-8-5-4-7-18(19)23(24(26)31-2)28-22(30)16-33-3/h4-9,14,23-24H,10-13,15-16H2,1-3H3,(H,28,30)/t23-,24+/m1/s1. The van der Waals surface area contributed by atoms with E-state index in [0.29, 0.717) is 11.6 Å². The topological polar surface area (TPSA) is 67.6 Å². The van der Waals surface area contributed by atoms with Crippen LogP contribution in [0.25, 0.3) is 10.8 Å². The molecule has 0 radical (unpaired) electrons. The number of aryl methyl sites for hydroxylation is 1. The SMILES string of the molecule is CO[C@H]1[C@H](NC(=O)CSC)c2ccccc2C12CCN(Cc1nc(-c3cccs3)oc1C)CC2. The maximum atomic E-state index is 12.5. The van der Waals surface area contributed by atoms with Crippen molar-refractivity contribution in [2.75, 3.05) is 32.2 Å². The number of ether oxygens (including phenoxy) is 1. The number of rotatable bonds is 7. The predicted octanol–water partition coefficient (Wildman–Crippen LogP) is 4.79. The van der Waals surface area contributed by atoms with Crippen molar-refractivity contribution < 1.29 is 13.9 Å². The van der Waals surface area contributed by atoms with Gasteiger partial charge in [0.2, 0.25) is 11.8 Å². The number of fused-ring (bicyclic) bond motifs is 2. The molecule has 1 amide bonds. The summed E-state index contributed by atoms with van der Waals surface area (Å²) in [5.74, 6) is 2.12. The first-order valence-corrected chi connectivity index (χ1v) is 14.0. The van der Waals surface area contributed by atoms with Gasteiger partial charge in [0.05, 0.1) is 28.5 Å². The number of thioether (sulfide) groups is 1. The lowest BCUT2D eigenvalue weighted by molar-refractivity contribution is -0.121. The Balaban J connectivity index is 1.33. The molecule has 2 aromatic heterocycles. The highest BCUT2D eigenvalue weighted by molar-refractivity contribution is 7.99. The van der Waals surface area contributed by atoms with Crippen LogP contribution in [-0.4, -0.2) is 54.1 Å². The molecule has 1 spiro atoms. The van der Waals surface area contributed by atoms with E-state index in [0.717, 1.165) is 48.8 Å². The fourth-order valence-electron chi connectivity index (χ4n) is 5.67. The van der Waals surface area contributed by atoms with Crippen LogP contribution in [0.1, 0.15) is 41.5 Å². The summed E-state index contributed by atoms with van der Waals surface area (Å²) >= 11 is 3.19. The summed E-state index contributed by atoms with van der Waals surface area (Å²) in [5.41, 5.74) is 3.44. The lowest BCUT2D eigenvalue weighted by atomic mass is 9.72. The van der Waals surface area contributed by atoms with Crippen molar-refractivity contribution >= 4 is 29.0 Å². The van der Waals surface area contributed by atoms with Crippen LogP contribution in [0.2, 0.25) is 0 Å². The number of amides is 1. The molecule has 1 aromatic carbocycles. The monoisotopic (exact) mass is 497 g/mol. The third kappa shape index (κ3) is 4.21. The molecule has 1 aliphatic heterocycles. The molecular weight excluding hydrogens is 466 g/mol. The van der Waals surface area contributed by atoms with Crippen LogP contribution in [0.3, 0.4) is 0 Å². The quantitative estimate of drug-likeness (QED) is 0.506. The molecule has 8 heteroatoms. The second kappa shape index (κ2) is 9.85. The highest BCUT2D eigenvalue weighted by Gasteiger charge is 2.53. The number of nitrogens with one attached hydrogen (secondary N) is 1. The number of thiophene rings is 1. The molecule has 0 unspecified atom stereocenters. The average molecular weight is 498 g/mol. The van der Waals surface area contributed by atoms with Crippen LogP contribution in [0.4, 0.5) is 0 Å². The van der Waals surface area contributed by atoms with Gasteiger partial charge in [0, 0.05) is 19.1 Å². The number of piperidine rings is 1. The highest BCUT2D eigenvalue weighted by Crippen LogP contribution is 2.52. The van der Waals surface area contributed by atoms with E-state index in [1.54, 1.807) is 30.2 Å². The summed E-state index contributed by atoms with van der Waals surface area (Å²) in [7, 11) is 1.78. The van der Waals surface area contributed by atoms with Crippen LogP contribution in [0.5, 0.6) is 0 Å². The van der Waals surface area contributed by atoms with Gasteiger partial charge in [-0.05, 0) is 61.7 Å². The molecule has 5 rings (SSSR count). The van der Waals surface area contributed by atoms with Crippen molar-refractivity contribution in [2.24, 2.45) is 0 Å². The van der Waals surface area contributed by atoms with Gasteiger partial charge in [-0.2, -0.15) is 11.8 Å². The molecule has 180 valence electrons. The van der Waals surface area contributed by atoms with E-state index in [1.807, 2.05) is 30.7 Å². The van der Waals surface area contributed by atoms with Gasteiger partial charge in [-0.1, -0.05) is 30.3 Å². The van der Waals surface area contributed by atoms with Crippen LogP contribution in [0.15, 0.2) is 46.2 Å². The first-order chi connectivity index (χ1) is 16.6. The number of oxazole rings is 1. The number of aromatic nitrogens is 1. The Morgan fingerprint density at radius 1 is 1.29 bits per heavy atom. The normalized spacial score (nSPS) is 21.6. The molecule has 0 saturated carbocycles. The molecule has 1 aliphatic carbocycles. The molecule has 1 fully saturated rings. The van der Waals surface area contributed by atoms with Gasteiger partial charge in [-0.3, -0.25) is 9.69 Å². The van der Waals surface area contributed by atoms with Crippen molar-refractivity contribution in [3.8, 4) is 10.8 Å². The van der Waals surface area contributed by atoms with Gasteiger partial charge in [0.1, 0.15) is 5.76 Å². The van der Waals surface area contributed by atoms with E-state index in [4.69, 9.17) is 14.1 Å². The molecule has 3 heterocycles. The van der Waals surface area contributed by atoms with E-state index in [2.05, 4.69) is 34.5 Å². The molecule has 1 N–H and O–H groups in total. The zero-order valence-electron chi connectivity index (χ0n) is 19.9. The highest BCUT2D eigenvalue weighted by atomic mass is 32.2. The maximum Gasteiger partial charge on any atom is 0.236 e. The molecule has 2 atom stereocenters. The maximum absolute atomic E-state index is 12.5. The summed E-state index contributed by atoms with van der Waals surface area (Å²) < 4.78 is 12.1. The van der Waals surface area contributed by atoms with Gasteiger partial charge >= 0.3 is 0 Å². The molecule has 1 saturated heterocycles. The van der Waals surface area contributed by atoms with E-state index in [1.165, 1.54) is 11.1 Å². The summed E-state index contributed by atoms with van der Waals surface area (Å²) in [6.45, 7) is 4.67. The van der Waals surface area contributed by atoms with Gasteiger partial charge in [-0.15, -0.1) is 11.3 Å². The number of carbonyl (C=O) groups excluding carboxylic acids is 1. The fourth-order valence-corrected chi connectivity index (χ4v) is 6.67. The van der Waals surface area contributed by atoms with E-state index in [-0.39, 0.29) is 23.5 Å². The second-order valence-electron chi connectivity index (χ2n) is 9.15. The Hall–Kier alpha value is -2.13. The van der Waals surface area contributed by atoms with Crippen LogP contribution in [0, 0.1) is 6.92 Å². The lowest BCUT2D eigenvalue weighted by Crippen LogP contribution is -2.50. The largest absolute Gasteiger partial charge is 0.440 e. The Labute approximate surface area is 209 Å². The number of methoxy groups -OCH3 is 1. The average Bonchev–Trinajstić information content (AvgIpc) is 3.55. The van der Waals surface area contributed by atoms with Gasteiger partial charge < -0.3 is 14.5 Å². The van der Waals surface area contributed by atoms with Crippen molar-refractivity contribution in [1.29, 1.82) is 0 Å². The third-order valence-electron chi connectivity index (χ3n) is 7.27. The Kier molecular flexibility index (Phi) is 6.84. The van der Waals surface area contributed by atoms with Crippen LogP contribution in [-0.2, 0) is 21.5 Å². The molecule has 6 nitrogen and oxygen atoms in total. The minimum atomic E-state index is -0.112. The Morgan fingerprint density at radius 2 is 2.09 bits per heavy atom. The first-order valence-electron chi connectivity index (χ1n) is 11.7. The molecular formula is C26H31N3O3S2. The van der Waals surface area contributed by atoms with Gasteiger partial charge in [0.15, 0.2) is 0 Å². The van der Waals surface area contributed by atoms with Gasteiger partial charge in [-0.25, -0.2) is 4.98 Å². The summed E-state index contributed by atoms with van der Waals surface area (Å²) in [4.78, 5) is 20.8. The molecule has 3 aromatic rings. The molecule has 34 heavy (non-hydrogen) atoms.